The maximum absolute atomic E-state index is 11.5. The fourth-order valence-electron chi connectivity index (χ4n) is 1.43. The van der Waals surface area contributed by atoms with E-state index in [0.717, 1.165) is 24.9 Å². The van der Waals surface area contributed by atoms with Crippen LogP contribution in [-0.4, -0.2) is 12.2 Å². The van der Waals surface area contributed by atoms with Crippen molar-refractivity contribution in [2.45, 2.75) is 37.5 Å². The smallest absolute Gasteiger partial charge is 0.224 e. The summed E-state index contributed by atoms with van der Waals surface area (Å²) in [6.07, 6.45) is 5.91. The molecule has 0 fully saturated rings. The number of hydrogen-bond acceptors (Lipinski definition) is 2. The van der Waals surface area contributed by atoms with E-state index in [2.05, 4.69) is 12.2 Å². The quantitative estimate of drug-likeness (QED) is 0.600. The van der Waals surface area contributed by atoms with Gasteiger partial charge in [-0.3, -0.25) is 4.79 Å². The van der Waals surface area contributed by atoms with Gasteiger partial charge in [-0.15, -0.1) is 11.8 Å². The molecular formula is C13H19NOS. The Morgan fingerprint density at radius 1 is 1.25 bits per heavy atom. The number of hydrogen-bond donors (Lipinski definition) is 1. The fourth-order valence-corrected chi connectivity index (χ4v) is 1.84. The number of anilines is 1. The molecule has 16 heavy (non-hydrogen) atoms. The van der Waals surface area contributed by atoms with Crippen LogP contribution in [0.3, 0.4) is 0 Å². The summed E-state index contributed by atoms with van der Waals surface area (Å²) in [5.74, 6) is 0.116. The first-order chi connectivity index (χ1) is 7.76. The standard InChI is InChI=1S/C13H19NOS/c1-3-4-5-6-13(15)14-11-7-9-12(16-2)10-8-11/h7-10H,3-6H2,1-2H3,(H,14,15). The number of amides is 1. The predicted molar refractivity (Wildman–Crippen MR) is 71.0 cm³/mol. The monoisotopic (exact) mass is 237 g/mol. The maximum Gasteiger partial charge on any atom is 0.224 e. The van der Waals surface area contributed by atoms with Crippen LogP contribution in [0, 0.1) is 0 Å². The van der Waals surface area contributed by atoms with Crippen LogP contribution >= 0.6 is 11.8 Å². The summed E-state index contributed by atoms with van der Waals surface area (Å²) in [5.41, 5.74) is 0.888. The Morgan fingerprint density at radius 2 is 1.94 bits per heavy atom. The normalized spacial score (nSPS) is 10.1. The molecule has 1 aromatic rings. The molecule has 88 valence electrons. The molecule has 0 bridgehead atoms. The molecule has 0 saturated heterocycles. The Kier molecular flexibility index (Phi) is 6.01. The highest BCUT2D eigenvalue weighted by molar-refractivity contribution is 7.98. The number of carbonyl (C=O) groups excluding carboxylic acids is 1. The molecule has 0 aliphatic rings. The third-order valence-electron chi connectivity index (χ3n) is 2.38. The van der Waals surface area contributed by atoms with Gasteiger partial charge in [-0.05, 0) is 36.9 Å². The third-order valence-corrected chi connectivity index (χ3v) is 3.12. The second-order valence-corrected chi connectivity index (χ2v) is 4.61. The van der Waals surface area contributed by atoms with Gasteiger partial charge in [0.15, 0.2) is 0 Å². The zero-order valence-electron chi connectivity index (χ0n) is 9.95. The zero-order valence-corrected chi connectivity index (χ0v) is 10.8. The van der Waals surface area contributed by atoms with Crippen molar-refractivity contribution in [3.05, 3.63) is 24.3 Å². The Balaban J connectivity index is 2.37. The SMILES string of the molecule is CCCCCC(=O)Nc1ccc(SC)cc1. The minimum absolute atomic E-state index is 0.116. The first-order valence-electron chi connectivity index (χ1n) is 5.70. The van der Waals surface area contributed by atoms with E-state index in [1.165, 1.54) is 4.90 Å². The third kappa shape index (κ3) is 4.71. The number of thioether (sulfide) groups is 1. The van der Waals surface area contributed by atoms with Crippen LogP contribution in [0.25, 0.3) is 0 Å². The molecule has 0 spiro atoms. The summed E-state index contributed by atoms with van der Waals surface area (Å²) < 4.78 is 0. The topological polar surface area (TPSA) is 29.1 Å². The first kappa shape index (κ1) is 13.1. The second-order valence-electron chi connectivity index (χ2n) is 3.73. The van der Waals surface area contributed by atoms with Crippen LogP contribution in [0.1, 0.15) is 32.6 Å². The van der Waals surface area contributed by atoms with E-state index < -0.39 is 0 Å². The van der Waals surface area contributed by atoms with Gasteiger partial charge in [-0.2, -0.15) is 0 Å². The predicted octanol–water partition coefficient (Wildman–Crippen LogP) is 3.93. The van der Waals surface area contributed by atoms with Crippen LogP contribution in [0.2, 0.25) is 0 Å². The molecule has 0 aromatic heterocycles. The Bertz CT molecular complexity index is 321. The van der Waals surface area contributed by atoms with Gasteiger partial charge in [0.2, 0.25) is 5.91 Å². The van der Waals surface area contributed by atoms with Crippen molar-refractivity contribution in [3.63, 3.8) is 0 Å². The van der Waals surface area contributed by atoms with Crippen LogP contribution < -0.4 is 5.32 Å². The van der Waals surface area contributed by atoms with E-state index in [1.807, 2.05) is 30.5 Å². The molecule has 2 nitrogen and oxygen atoms in total. The lowest BCUT2D eigenvalue weighted by Crippen LogP contribution is -2.10. The van der Waals surface area contributed by atoms with Crippen molar-refractivity contribution >= 4 is 23.4 Å². The molecule has 0 saturated carbocycles. The van der Waals surface area contributed by atoms with Gasteiger partial charge in [0.05, 0.1) is 0 Å². The van der Waals surface area contributed by atoms with Gasteiger partial charge in [-0.1, -0.05) is 19.8 Å². The molecule has 1 aromatic carbocycles. The Labute approximate surface area is 102 Å². The maximum atomic E-state index is 11.5. The average molecular weight is 237 g/mol. The molecule has 0 heterocycles. The average Bonchev–Trinajstić information content (AvgIpc) is 2.30. The van der Waals surface area contributed by atoms with Crippen LogP contribution in [0.4, 0.5) is 5.69 Å². The molecule has 1 N–H and O–H groups in total. The minimum atomic E-state index is 0.116. The van der Waals surface area contributed by atoms with Gasteiger partial charge in [-0.25, -0.2) is 0 Å². The number of nitrogens with one attached hydrogen (secondary N) is 1. The van der Waals surface area contributed by atoms with Crippen molar-refractivity contribution in [1.82, 2.24) is 0 Å². The number of unbranched alkanes of at least 4 members (excludes halogenated alkanes) is 2. The number of benzene rings is 1. The molecule has 1 rings (SSSR count). The molecule has 0 aliphatic heterocycles. The van der Waals surface area contributed by atoms with Gasteiger partial charge < -0.3 is 5.32 Å². The number of carbonyl (C=O) groups is 1. The summed E-state index contributed by atoms with van der Waals surface area (Å²) in [6, 6.07) is 7.94. The van der Waals surface area contributed by atoms with Crippen LogP contribution in [-0.2, 0) is 4.79 Å². The van der Waals surface area contributed by atoms with E-state index >= 15 is 0 Å². The van der Waals surface area contributed by atoms with E-state index in [1.54, 1.807) is 11.8 Å². The van der Waals surface area contributed by atoms with Gasteiger partial charge in [0.1, 0.15) is 0 Å². The highest BCUT2D eigenvalue weighted by Gasteiger charge is 2.01. The van der Waals surface area contributed by atoms with Crippen molar-refractivity contribution in [2.24, 2.45) is 0 Å². The van der Waals surface area contributed by atoms with E-state index in [9.17, 15) is 4.79 Å². The Morgan fingerprint density at radius 3 is 2.50 bits per heavy atom. The van der Waals surface area contributed by atoms with Crippen LogP contribution in [0.5, 0.6) is 0 Å². The Hall–Kier alpha value is -0.960. The molecule has 0 unspecified atom stereocenters. The molecular weight excluding hydrogens is 218 g/mol. The summed E-state index contributed by atoms with van der Waals surface area (Å²) in [6.45, 7) is 2.14. The van der Waals surface area contributed by atoms with Crippen LogP contribution in [0.15, 0.2) is 29.2 Å². The van der Waals surface area contributed by atoms with E-state index in [0.29, 0.717) is 6.42 Å². The van der Waals surface area contributed by atoms with Crippen molar-refractivity contribution < 1.29 is 4.79 Å². The first-order valence-corrected chi connectivity index (χ1v) is 6.92. The van der Waals surface area contributed by atoms with Crippen molar-refractivity contribution in [1.29, 1.82) is 0 Å². The van der Waals surface area contributed by atoms with E-state index in [-0.39, 0.29) is 5.91 Å². The zero-order chi connectivity index (χ0) is 11.8. The summed E-state index contributed by atoms with van der Waals surface area (Å²) in [7, 11) is 0. The summed E-state index contributed by atoms with van der Waals surface area (Å²) in [5, 5.41) is 2.90. The van der Waals surface area contributed by atoms with Gasteiger partial charge in [0, 0.05) is 17.0 Å². The molecule has 0 aliphatic carbocycles. The van der Waals surface area contributed by atoms with Crippen molar-refractivity contribution in [3.8, 4) is 0 Å². The molecule has 1 amide bonds. The highest BCUT2D eigenvalue weighted by Crippen LogP contribution is 2.17. The van der Waals surface area contributed by atoms with Gasteiger partial charge in [0.25, 0.3) is 0 Å². The summed E-state index contributed by atoms with van der Waals surface area (Å²) in [4.78, 5) is 12.7. The number of rotatable bonds is 6. The molecule has 3 heteroatoms. The lowest BCUT2D eigenvalue weighted by Gasteiger charge is -2.05. The van der Waals surface area contributed by atoms with E-state index in [4.69, 9.17) is 0 Å². The molecule has 0 atom stereocenters. The lowest BCUT2D eigenvalue weighted by atomic mass is 10.2. The highest BCUT2D eigenvalue weighted by atomic mass is 32.2. The second kappa shape index (κ2) is 7.34. The van der Waals surface area contributed by atoms with Crippen molar-refractivity contribution in [2.75, 3.05) is 11.6 Å². The fraction of sp³-hybridized carbons (Fsp3) is 0.462. The minimum Gasteiger partial charge on any atom is -0.326 e. The lowest BCUT2D eigenvalue weighted by molar-refractivity contribution is -0.116. The molecule has 0 radical (unpaired) electrons. The largest absolute Gasteiger partial charge is 0.326 e. The van der Waals surface area contributed by atoms with Gasteiger partial charge >= 0.3 is 0 Å². The summed E-state index contributed by atoms with van der Waals surface area (Å²) >= 11 is 1.70.